The molecule has 36 heavy (non-hydrogen) atoms. The molecule has 0 aromatic heterocycles. The van der Waals surface area contributed by atoms with E-state index in [1.807, 2.05) is 37.3 Å². The van der Waals surface area contributed by atoms with Crippen LogP contribution in [0.2, 0.25) is 10.0 Å². The maximum atomic E-state index is 12.4. The summed E-state index contributed by atoms with van der Waals surface area (Å²) in [7, 11) is 0. The predicted molar refractivity (Wildman–Crippen MR) is 144 cm³/mol. The number of aryl methyl sites for hydroxylation is 1. The first-order chi connectivity index (χ1) is 17.5. The summed E-state index contributed by atoms with van der Waals surface area (Å²) in [4.78, 5) is 30.8. The fraction of sp³-hybridized carbons (Fsp3) is 0.481. The molecule has 0 radical (unpaired) electrons. The number of hydrogen-bond acceptors (Lipinski definition) is 6. The molecule has 0 bridgehead atoms. The summed E-state index contributed by atoms with van der Waals surface area (Å²) in [6, 6.07) is 11.4. The first-order valence-electron chi connectivity index (χ1n) is 12.6. The van der Waals surface area contributed by atoms with Gasteiger partial charge in [-0.1, -0.05) is 42.3 Å². The minimum absolute atomic E-state index is 0.238. The van der Waals surface area contributed by atoms with Crippen LogP contribution >= 0.6 is 23.2 Å². The molecule has 1 saturated heterocycles. The van der Waals surface area contributed by atoms with Crippen molar-refractivity contribution in [3.05, 3.63) is 52.0 Å². The molecule has 0 saturated carbocycles. The Morgan fingerprint density at radius 1 is 0.972 bits per heavy atom. The van der Waals surface area contributed by atoms with Gasteiger partial charge in [-0.25, -0.2) is 9.69 Å². The molecular weight excluding hydrogens is 501 g/mol. The summed E-state index contributed by atoms with van der Waals surface area (Å²) in [6.07, 6.45) is 2.95. The quantitative estimate of drug-likeness (QED) is 0.379. The van der Waals surface area contributed by atoms with Crippen molar-refractivity contribution in [2.45, 2.75) is 39.0 Å². The molecule has 7 nitrogen and oxygen atoms in total. The van der Waals surface area contributed by atoms with Gasteiger partial charge in [-0.2, -0.15) is 0 Å². The Morgan fingerprint density at radius 3 is 2.56 bits per heavy atom. The van der Waals surface area contributed by atoms with E-state index in [4.69, 9.17) is 32.7 Å². The number of carbonyl (C=O) groups is 2. The molecule has 9 heteroatoms. The number of imide groups is 1. The molecule has 0 spiro atoms. The molecule has 0 N–H and O–H groups in total. The topological polar surface area (TPSA) is 62.3 Å². The summed E-state index contributed by atoms with van der Waals surface area (Å²) < 4.78 is 11.2. The fourth-order valence-corrected chi connectivity index (χ4v) is 4.99. The molecule has 0 unspecified atom stereocenters. The van der Waals surface area contributed by atoms with Gasteiger partial charge in [0.1, 0.15) is 5.75 Å². The van der Waals surface area contributed by atoms with Crippen molar-refractivity contribution in [2.24, 2.45) is 0 Å². The maximum Gasteiger partial charge on any atom is 0.421 e. The number of unbranched alkanes of at least 4 members (excludes halogenated alkanes) is 1. The number of amides is 2. The number of fused-ring (bicyclic) bond motifs is 1. The van der Waals surface area contributed by atoms with Crippen LogP contribution in [0.3, 0.4) is 0 Å². The predicted octanol–water partition coefficient (Wildman–Crippen LogP) is 5.80. The molecule has 1 fully saturated rings. The number of halogens is 2. The van der Waals surface area contributed by atoms with E-state index in [1.54, 1.807) is 6.07 Å². The van der Waals surface area contributed by atoms with Crippen LogP contribution in [-0.4, -0.2) is 62.8 Å². The van der Waals surface area contributed by atoms with E-state index in [0.717, 1.165) is 61.7 Å². The SMILES string of the molecule is CCCOC(=O)N1C(=O)CCc2ccc(OCCCCN3CCN(c4cccc(Cl)c4Cl)CC3)cc21. The highest BCUT2D eigenvalue weighted by Gasteiger charge is 2.31. The lowest BCUT2D eigenvalue weighted by Gasteiger charge is -2.36. The normalized spacial score (nSPS) is 16.1. The highest BCUT2D eigenvalue weighted by molar-refractivity contribution is 6.43. The number of carbonyl (C=O) groups excluding carboxylic acids is 2. The molecule has 0 atom stereocenters. The minimum Gasteiger partial charge on any atom is -0.494 e. The second-order valence-electron chi connectivity index (χ2n) is 9.09. The Labute approximate surface area is 222 Å². The Bertz CT molecular complexity index is 1070. The van der Waals surface area contributed by atoms with Gasteiger partial charge >= 0.3 is 6.09 Å². The Morgan fingerprint density at radius 2 is 1.78 bits per heavy atom. The summed E-state index contributed by atoms with van der Waals surface area (Å²) in [5.74, 6) is 0.419. The molecule has 194 valence electrons. The number of nitrogens with zero attached hydrogens (tertiary/aromatic N) is 3. The number of benzene rings is 2. The molecule has 2 aromatic carbocycles. The zero-order valence-electron chi connectivity index (χ0n) is 20.7. The molecule has 2 aliphatic rings. The lowest BCUT2D eigenvalue weighted by molar-refractivity contribution is -0.118. The van der Waals surface area contributed by atoms with Crippen molar-refractivity contribution in [1.82, 2.24) is 4.90 Å². The number of anilines is 2. The van der Waals surface area contributed by atoms with Crippen LogP contribution < -0.4 is 14.5 Å². The van der Waals surface area contributed by atoms with Crippen LogP contribution in [-0.2, 0) is 16.0 Å². The van der Waals surface area contributed by atoms with E-state index in [2.05, 4.69) is 9.80 Å². The largest absolute Gasteiger partial charge is 0.494 e. The average Bonchev–Trinajstić information content (AvgIpc) is 2.89. The van der Waals surface area contributed by atoms with Crippen molar-refractivity contribution < 1.29 is 19.1 Å². The smallest absolute Gasteiger partial charge is 0.421 e. The van der Waals surface area contributed by atoms with Crippen LogP contribution in [0.15, 0.2) is 36.4 Å². The second-order valence-corrected chi connectivity index (χ2v) is 9.88. The summed E-state index contributed by atoms with van der Waals surface area (Å²) in [6.45, 7) is 7.59. The van der Waals surface area contributed by atoms with Crippen LogP contribution in [0.1, 0.15) is 38.2 Å². The average molecular weight is 534 g/mol. The van der Waals surface area contributed by atoms with Gasteiger partial charge in [-0.3, -0.25) is 9.69 Å². The van der Waals surface area contributed by atoms with Crippen molar-refractivity contribution in [3.8, 4) is 5.75 Å². The summed E-state index contributed by atoms with van der Waals surface area (Å²) in [5.41, 5.74) is 2.53. The van der Waals surface area contributed by atoms with Crippen LogP contribution in [0.25, 0.3) is 0 Å². The highest BCUT2D eigenvalue weighted by Crippen LogP contribution is 2.33. The Balaban J connectivity index is 1.21. The van der Waals surface area contributed by atoms with Crippen molar-refractivity contribution in [1.29, 1.82) is 0 Å². The lowest BCUT2D eigenvalue weighted by atomic mass is 10.0. The van der Waals surface area contributed by atoms with Gasteiger partial charge in [0.25, 0.3) is 0 Å². The summed E-state index contributed by atoms with van der Waals surface area (Å²) >= 11 is 12.5. The lowest BCUT2D eigenvalue weighted by Crippen LogP contribution is -2.46. The van der Waals surface area contributed by atoms with Crippen molar-refractivity contribution >= 4 is 46.6 Å². The minimum atomic E-state index is -0.613. The molecule has 2 aromatic rings. The Hall–Kier alpha value is -2.48. The summed E-state index contributed by atoms with van der Waals surface area (Å²) in [5, 5.41) is 1.21. The Kier molecular flexibility index (Phi) is 9.35. The van der Waals surface area contributed by atoms with Crippen LogP contribution in [0.4, 0.5) is 16.2 Å². The van der Waals surface area contributed by atoms with E-state index in [0.29, 0.717) is 47.4 Å². The van der Waals surface area contributed by atoms with Gasteiger partial charge in [0.05, 0.1) is 34.6 Å². The zero-order chi connectivity index (χ0) is 25.5. The third-order valence-electron chi connectivity index (χ3n) is 6.55. The van der Waals surface area contributed by atoms with Gasteiger partial charge in [-0.15, -0.1) is 0 Å². The van der Waals surface area contributed by atoms with Crippen molar-refractivity contribution in [2.75, 3.05) is 55.7 Å². The molecule has 4 rings (SSSR count). The van der Waals surface area contributed by atoms with Gasteiger partial charge in [0, 0.05) is 38.7 Å². The first kappa shape index (κ1) is 26.6. The number of hydrogen-bond donors (Lipinski definition) is 0. The van der Waals surface area contributed by atoms with E-state index in [-0.39, 0.29) is 12.5 Å². The number of piperazine rings is 1. The zero-order valence-corrected chi connectivity index (χ0v) is 22.2. The van der Waals surface area contributed by atoms with E-state index < -0.39 is 6.09 Å². The van der Waals surface area contributed by atoms with E-state index in [9.17, 15) is 9.59 Å². The molecule has 2 heterocycles. The second kappa shape index (κ2) is 12.7. The highest BCUT2D eigenvalue weighted by atomic mass is 35.5. The van der Waals surface area contributed by atoms with Gasteiger partial charge in [0.2, 0.25) is 5.91 Å². The van der Waals surface area contributed by atoms with E-state index in [1.165, 1.54) is 0 Å². The number of rotatable bonds is 9. The van der Waals surface area contributed by atoms with Crippen LogP contribution in [0, 0.1) is 0 Å². The molecule has 0 aliphatic carbocycles. The fourth-order valence-electron chi connectivity index (χ4n) is 4.57. The number of ether oxygens (including phenoxy) is 2. The third-order valence-corrected chi connectivity index (χ3v) is 7.36. The van der Waals surface area contributed by atoms with Gasteiger partial charge < -0.3 is 14.4 Å². The molecular formula is C27H33Cl2N3O4. The molecule has 2 aliphatic heterocycles. The van der Waals surface area contributed by atoms with Crippen molar-refractivity contribution in [3.63, 3.8) is 0 Å². The standard InChI is InChI=1S/C27H33Cl2N3O4/c1-2-17-36-27(34)32-24-19-21(10-8-20(24)9-11-25(32)33)35-18-4-3-12-30-13-15-31(16-14-30)23-7-5-6-22(28)26(23)29/h5-8,10,19H,2-4,9,11-18H2,1H3. The van der Waals surface area contributed by atoms with E-state index >= 15 is 0 Å². The van der Waals surface area contributed by atoms with Crippen LogP contribution in [0.5, 0.6) is 5.75 Å². The molecule has 2 amide bonds. The van der Waals surface area contributed by atoms with Gasteiger partial charge in [0.15, 0.2) is 0 Å². The third kappa shape index (κ3) is 6.44. The maximum absolute atomic E-state index is 12.4. The monoisotopic (exact) mass is 533 g/mol. The van der Waals surface area contributed by atoms with Gasteiger partial charge in [-0.05, 0) is 56.0 Å². The first-order valence-corrected chi connectivity index (χ1v) is 13.4.